The molecule has 1 N–H and O–H groups in total. The number of carbonyl (C=O) groups excluding carboxylic acids is 2. The van der Waals surface area contributed by atoms with Crippen molar-refractivity contribution in [1.29, 1.82) is 0 Å². The number of imide groups is 1. The minimum atomic E-state index is -0.543. The van der Waals surface area contributed by atoms with Crippen LogP contribution in [0.2, 0.25) is 0 Å². The number of aliphatic imine (C=N–C) groups is 1. The topological polar surface area (TPSA) is 54.2 Å². The molecule has 1 atom stereocenters. The molecule has 2 aromatic rings. The van der Waals surface area contributed by atoms with E-state index in [4.69, 9.17) is 0 Å². The van der Waals surface area contributed by atoms with E-state index in [1.54, 1.807) is 17.2 Å². The van der Waals surface area contributed by atoms with E-state index in [9.17, 15) is 9.59 Å². The summed E-state index contributed by atoms with van der Waals surface area (Å²) in [6, 6.07) is 13.2. The molecule has 0 spiro atoms. The number of amides is 2. The second-order valence-corrected chi connectivity index (χ2v) is 7.90. The molecule has 2 amide bonds. The van der Waals surface area contributed by atoms with E-state index in [1.807, 2.05) is 50.2 Å². The van der Waals surface area contributed by atoms with Crippen molar-refractivity contribution in [3.8, 4) is 0 Å². The van der Waals surface area contributed by atoms with Gasteiger partial charge in [0.25, 0.3) is 5.91 Å². The van der Waals surface area contributed by atoms with Gasteiger partial charge in [-0.05, 0) is 50.5 Å². The van der Waals surface area contributed by atoms with Crippen molar-refractivity contribution in [2.24, 2.45) is 4.99 Å². The number of benzene rings is 2. The average Bonchev–Trinajstić information content (AvgIpc) is 2.75. The molecule has 0 saturated carbocycles. The van der Waals surface area contributed by atoms with Gasteiger partial charge >= 0.3 is 0 Å². The Bertz CT molecular complexity index is 927. The Morgan fingerprint density at radius 1 is 1.00 bits per heavy atom. The lowest BCUT2D eigenvalue weighted by molar-refractivity contribution is -0.896. The molecule has 0 aliphatic carbocycles. The zero-order valence-corrected chi connectivity index (χ0v) is 18.4. The predicted molar refractivity (Wildman–Crippen MR) is 122 cm³/mol. The third-order valence-corrected chi connectivity index (χ3v) is 5.95. The minimum Gasteiger partial charge on any atom is -0.335 e. The fourth-order valence-electron chi connectivity index (χ4n) is 4.17. The standard InChI is InChI=1S/C25H31N3O2/c1-5-27(6-2)16-10-15-26-17-22-20-13-7-8-14-21(20)24(29)28(25(22)30)23-18(3)11-9-12-19(23)4/h7-9,11-14,17,22H,5-6,10,15-16H2,1-4H3/p+1. The molecule has 30 heavy (non-hydrogen) atoms. The van der Waals surface area contributed by atoms with Gasteiger partial charge in [0.2, 0.25) is 5.91 Å². The maximum Gasteiger partial charge on any atom is 0.265 e. The molecule has 0 fully saturated rings. The van der Waals surface area contributed by atoms with Gasteiger partial charge in [-0.15, -0.1) is 0 Å². The van der Waals surface area contributed by atoms with Gasteiger partial charge < -0.3 is 4.90 Å². The second-order valence-electron chi connectivity index (χ2n) is 7.90. The fourth-order valence-corrected chi connectivity index (χ4v) is 4.17. The van der Waals surface area contributed by atoms with Gasteiger partial charge in [-0.25, -0.2) is 4.90 Å². The first-order valence-corrected chi connectivity index (χ1v) is 10.9. The third kappa shape index (κ3) is 4.36. The number of quaternary nitrogens is 1. The Balaban J connectivity index is 1.89. The van der Waals surface area contributed by atoms with Crippen molar-refractivity contribution in [2.45, 2.75) is 40.0 Å². The molecule has 0 bridgehead atoms. The highest BCUT2D eigenvalue weighted by Crippen LogP contribution is 2.35. The SMILES string of the molecule is CC[NH+](CC)CCCN=CC1C(=O)N(c2c(C)cccc2C)C(=O)c2ccccc21. The lowest BCUT2D eigenvalue weighted by Crippen LogP contribution is -3.11. The number of nitrogens with one attached hydrogen (secondary N) is 1. The van der Waals surface area contributed by atoms with Crippen molar-refractivity contribution in [3.05, 3.63) is 64.7 Å². The molecule has 5 heteroatoms. The van der Waals surface area contributed by atoms with Crippen LogP contribution in [0.5, 0.6) is 0 Å². The first-order chi connectivity index (χ1) is 14.5. The molecule has 1 aliphatic rings. The lowest BCUT2D eigenvalue weighted by atomic mass is 9.88. The van der Waals surface area contributed by atoms with Gasteiger partial charge in [-0.2, -0.15) is 0 Å². The molecule has 0 aromatic heterocycles. The maximum atomic E-state index is 13.5. The number of carbonyl (C=O) groups is 2. The van der Waals surface area contributed by atoms with Gasteiger partial charge in [-0.1, -0.05) is 36.4 Å². The van der Waals surface area contributed by atoms with Crippen LogP contribution in [0.4, 0.5) is 5.69 Å². The second kappa shape index (κ2) is 9.81. The highest BCUT2D eigenvalue weighted by atomic mass is 16.2. The zero-order valence-electron chi connectivity index (χ0n) is 18.4. The normalized spacial score (nSPS) is 16.6. The molecular weight excluding hydrogens is 374 g/mol. The van der Waals surface area contributed by atoms with E-state index < -0.39 is 5.92 Å². The van der Waals surface area contributed by atoms with Gasteiger partial charge in [0.1, 0.15) is 0 Å². The number of para-hydroxylation sites is 1. The number of rotatable bonds is 8. The summed E-state index contributed by atoms with van der Waals surface area (Å²) in [6.07, 6.45) is 2.72. The van der Waals surface area contributed by atoms with Gasteiger partial charge in [0.15, 0.2) is 0 Å². The number of aryl methyl sites for hydroxylation is 2. The molecular formula is C25H32N3O2+. The number of fused-ring (bicyclic) bond motifs is 1. The number of anilines is 1. The molecule has 1 heterocycles. The number of hydrogen-bond acceptors (Lipinski definition) is 3. The monoisotopic (exact) mass is 406 g/mol. The average molecular weight is 407 g/mol. The fraction of sp³-hybridized carbons (Fsp3) is 0.400. The van der Waals surface area contributed by atoms with Crippen molar-refractivity contribution < 1.29 is 14.5 Å². The van der Waals surface area contributed by atoms with Crippen LogP contribution in [0, 0.1) is 13.8 Å². The van der Waals surface area contributed by atoms with Crippen LogP contribution in [-0.4, -0.2) is 44.2 Å². The van der Waals surface area contributed by atoms with E-state index in [-0.39, 0.29) is 11.8 Å². The zero-order chi connectivity index (χ0) is 21.7. The molecule has 2 aromatic carbocycles. The van der Waals surface area contributed by atoms with Crippen LogP contribution >= 0.6 is 0 Å². The maximum absolute atomic E-state index is 13.5. The molecule has 0 radical (unpaired) electrons. The summed E-state index contributed by atoms with van der Waals surface area (Å²) >= 11 is 0. The molecule has 3 rings (SSSR count). The lowest BCUT2D eigenvalue weighted by Gasteiger charge is -2.32. The Morgan fingerprint density at radius 3 is 2.33 bits per heavy atom. The summed E-state index contributed by atoms with van der Waals surface area (Å²) in [5, 5.41) is 0. The highest BCUT2D eigenvalue weighted by Gasteiger charge is 2.39. The van der Waals surface area contributed by atoms with Crippen LogP contribution in [0.3, 0.4) is 0 Å². The van der Waals surface area contributed by atoms with E-state index in [0.29, 0.717) is 17.8 Å². The van der Waals surface area contributed by atoms with E-state index in [1.165, 1.54) is 4.90 Å². The summed E-state index contributed by atoms with van der Waals surface area (Å²) in [4.78, 5) is 34.2. The highest BCUT2D eigenvalue weighted by molar-refractivity contribution is 6.29. The summed E-state index contributed by atoms with van der Waals surface area (Å²) in [6.45, 7) is 12.2. The van der Waals surface area contributed by atoms with Crippen molar-refractivity contribution in [2.75, 3.05) is 31.1 Å². The Labute approximate surface area is 179 Å². The van der Waals surface area contributed by atoms with Crippen LogP contribution in [0.25, 0.3) is 0 Å². The van der Waals surface area contributed by atoms with E-state index >= 15 is 0 Å². The number of nitrogens with zero attached hydrogens (tertiary/aromatic N) is 2. The molecule has 1 unspecified atom stereocenters. The van der Waals surface area contributed by atoms with Crippen LogP contribution in [0.15, 0.2) is 47.5 Å². The van der Waals surface area contributed by atoms with Crippen LogP contribution in [0.1, 0.15) is 53.2 Å². The predicted octanol–water partition coefficient (Wildman–Crippen LogP) is 2.96. The summed E-state index contributed by atoms with van der Waals surface area (Å²) in [5.41, 5.74) is 3.82. The van der Waals surface area contributed by atoms with Crippen LogP contribution < -0.4 is 9.80 Å². The van der Waals surface area contributed by atoms with Gasteiger partial charge in [0, 0.05) is 24.7 Å². The van der Waals surface area contributed by atoms with Crippen molar-refractivity contribution in [1.82, 2.24) is 0 Å². The molecule has 5 nitrogen and oxygen atoms in total. The van der Waals surface area contributed by atoms with E-state index in [0.717, 1.165) is 42.7 Å². The minimum absolute atomic E-state index is 0.228. The molecule has 1 aliphatic heterocycles. The first kappa shape index (κ1) is 21.9. The largest absolute Gasteiger partial charge is 0.335 e. The number of hydrogen-bond donors (Lipinski definition) is 1. The van der Waals surface area contributed by atoms with Gasteiger partial charge in [0.05, 0.1) is 31.2 Å². The summed E-state index contributed by atoms with van der Waals surface area (Å²) < 4.78 is 0. The smallest absolute Gasteiger partial charge is 0.265 e. The van der Waals surface area contributed by atoms with E-state index in [2.05, 4.69) is 18.8 Å². The molecule has 158 valence electrons. The van der Waals surface area contributed by atoms with Crippen molar-refractivity contribution >= 4 is 23.7 Å². The summed E-state index contributed by atoms with van der Waals surface area (Å²) in [5.74, 6) is -1.03. The third-order valence-electron chi connectivity index (χ3n) is 5.95. The first-order valence-electron chi connectivity index (χ1n) is 10.9. The Morgan fingerprint density at radius 2 is 1.67 bits per heavy atom. The van der Waals surface area contributed by atoms with Gasteiger partial charge in [-0.3, -0.25) is 14.6 Å². The van der Waals surface area contributed by atoms with Crippen molar-refractivity contribution in [3.63, 3.8) is 0 Å². The quantitative estimate of drug-likeness (QED) is 0.416. The Kier molecular flexibility index (Phi) is 7.16. The Hall–Kier alpha value is -2.79. The van der Waals surface area contributed by atoms with Crippen LogP contribution in [-0.2, 0) is 4.79 Å². The molecule has 0 saturated heterocycles. The summed E-state index contributed by atoms with van der Waals surface area (Å²) in [7, 11) is 0.